The first-order chi connectivity index (χ1) is 8.51. The van der Waals surface area contributed by atoms with E-state index in [-0.39, 0.29) is 12.6 Å². The molecular weight excluding hydrogens is 236 g/mol. The number of hydrogen-bond acceptors (Lipinski definition) is 3. The van der Waals surface area contributed by atoms with Crippen LogP contribution in [0.2, 0.25) is 0 Å². The number of rotatable bonds is 3. The second-order valence-electron chi connectivity index (χ2n) is 4.83. The molecule has 1 saturated heterocycles. The molecule has 2 heterocycles. The van der Waals surface area contributed by atoms with Gasteiger partial charge in [-0.3, -0.25) is 4.79 Å². The van der Waals surface area contributed by atoms with E-state index in [9.17, 15) is 9.59 Å². The fourth-order valence-corrected chi connectivity index (χ4v) is 1.99. The maximum absolute atomic E-state index is 11.8. The average Bonchev–Trinajstić information content (AvgIpc) is 2.95. The number of carbonyl (C=O) groups excluding carboxylic acids is 1. The molecule has 98 valence electrons. The Balaban J connectivity index is 1.86. The van der Waals surface area contributed by atoms with Gasteiger partial charge in [0, 0.05) is 25.2 Å². The van der Waals surface area contributed by atoms with E-state index in [1.165, 1.54) is 4.90 Å². The molecule has 1 fully saturated rings. The molecule has 2 rings (SSSR count). The van der Waals surface area contributed by atoms with Crippen LogP contribution >= 0.6 is 0 Å². The van der Waals surface area contributed by atoms with Gasteiger partial charge in [0.1, 0.15) is 0 Å². The van der Waals surface area contributed by atoms with Crippen LogP contribution in [0.3, 0.4) is 0 Å². The van der Waals surface area contributed by atoms with Crippen molar-refractivity contribution < 1.29 is 19.1 Å². The zero-order chi connectivity index (χ0) is 13.2. The fourth-order valence-electron chi connectivity index (χ4n) is 1.99. The van der Waals surface area contributed by atoms with Crippen molar-refractivity contribution >= 4 is 12.0 Å². The molecule has 0 aliphatic carbocycles. The molecule has 1 aromatic heterocycles. The molecule has 2 amide bonds. The summed E-state index contributed by atoms with van der Waals surface area (Å²) in [6, 6.07) is 1.53. The maximum Gasteiger partial charge on any atom is 0.317 e. The van der Waals surface area contributed by atoms with E-state index in [0.29, 0.717) is 19.5 Å². The molecule has 1 unspecified atom stereocenters. The number of nitrogens with one attached hydrogen (secondary N) is 1. The Morgan fingerprint density at radius 3 is 2.94 bits per heavy atom. The molecule has 18 heavy (non-hydrogen) atoms. The first-order valence-electron chi connectivity index (χ1n) is 5.78. The fraction of sp³-hybridized carbons (Fsp3) is 0.500. The average molecular weight is 252 g/mol. The Hall–Kier alpha value is -1.98. The molecule has 1 aromatic rings. The molecule has 2 N–H and O–H groups in total. The summed E-state index contributed by atoms with van der Waals surface area (Å²) in [6.07, 6.45) is 3.59. The Bertz CT molecular complexity index is 443. The van der Waals surface area contributed by atoms with Crippen LogP contribution in [0.5, 0.6) is 0 Å². The van der Waals surface area contributed by atoms with Gasteiger partial charge >= 0.3 is 12.0 Å². The monoisotopic (exact) mass is 252 g/mol. The van der Waals surface area contributed by atoms with Crippen LogP contribution in [0.25, 0.3) is 0 Å². The summed E-state index contributed by atoms with van der Waals surface area (Å²) in [7, 11) is 0. The van der Waals surface area contributed by atoms with Gasteiger partial charge in [-0.2, -0.15) is 0 Å². The van der Waals surface area contributed by atoms with Gasteiger partial charge < -0.3 is 19.7 Å². The van der Waals surface area contributed by atoms with E-state index in [1.807, 2.05) is 0 Å². The van der Waals surface area contributed by atoms with Crippen LogP contribution in [0, 0.1) is 5.41 Å². The first kappa shape index (κ1) is 12.5. The Labute approximate surface area is 105 Å². The highest BCUT2D eigenvalue weighted by Crippen LogP contribution is 2.29. The van der Waals surface area contributed by atoms with Gasteiger partial charge in [-0.15, -0.1) is 0 Å². The van der Waals surface area contributed by atoms with E-state index in [1.54, 1.807) is 25.5 Å². The van der Waals surface area contributed by atoms with Crippen molar-refractivity contribution in [2.45, 2.75) is 19.9 Å². The number of furan rings is 1. The predicted molar refractivity (Wildman–Crippen MR) is 62.9 cm³/mol. The minimum Gasteiger partial charge on any atom is -0.481 e. The quantitative estimate of drug-likeness (QED) is 0.849. The third-order valence-corrected chi connectivity index (χ3v) is 3.30. The van der Waals surface area contributed by atoms with Gasteiger partial charge in [-0.1, -0.05) is 0 Å². The molecule has 0 bridgehead atoms. The number of carbonyl (C=O) groups is 2. The van der Waals surface area contributed by atoms with Crippen molar-refractivity contribution in [1.82, 2.24) is 10.2 Å². The Kier molecular flexibility index (Phi) is 3.27. The van der Waals surface area contributed by atoms with Crippen LogP contribution in [0.15, 0.2) is 23.0 Å². The number of carboxylic acids is 1. The Morgan fingerprint density at radius 2 is 2.39 bits per heavy atom. The lowest BCUT2D eigenvalue weighted by Crippen LogP contribution is -2.40. The van der Waals surface area contributed by atoms with E-state index < -0.39 is 11.4 Å². The summed E-state index contributed by atoms with van der Waals surface area (Å²) in [4.78, 5) is 24.4. The molecule has 6 heteroatoms. The summed E-state index contributed by atoms with van der Waals surface area (Å²) in [5, 5.41) is 11.8. The van der Waals surface area contributed by atoms with Crippen molar-refractivity contribution in [2.75, 3.05) is 13.1 Å². The van der Waals surface area contributed by atoms with E-state index >= 15 is 0 Å². The van der Waals surface area contributed by atoms with Crippen LogP contribution in [-0.4, -0.2) is 35.1 Å². The van der Waals surface area contributed by atoms with Gasteiger partial charge in [0.05, 0.1) is 17.9 Å². The number of amides is 2. The van der Waals surface area contributed by atoms with Crippen LogP contribution in [0.1, 0.15) is 18.9 Å². The highest BCUT2D eigenvalue weighted by Gasteiger charge is 2.42. The molecule has 1 aliphatic rings. The van der Waals surface area contributed by atoms with Gasteiger partial charge in [0.25, 0.3) is 0 Å². The molecule has 0 spiro atoms. The SMILES string of the molecule is CC1(C(=O)O)CCN(C(=O)NCc2ccoc2)C1. The second-order valence-corrected chi connectivity index (χ2v) is 4.83. The minimum absolute atomic E-state index is 0.235. The van der Waals surface area contributed by atoms with Crippen molar-refractivity contribution in [3.8, 4) is 0 Å². The second kappa shape index (κ2) is 4.72. The maximum atomic E-state index is 11.8. The summed E-state index contributed by atoms with van der Waals surface area (Å²) in [6.45, 7) is 2.77. The smallest absolute Gasteiger partial charge is 0.317 e. The molecule has 6 nitrogen and oxygen atoms in total. The number of nitrogens with zero attached hydrogens (tertiary/aromatic N) is 1. The first-order valence-corrected chi connectivity index (χ1v) is 5.78. The third-order valence-electron chi connectivity index (χ3n) is 3.30. The summed E-state index contributed by atoms with van der Waals surface area (Å²) < 4.78 is 4.89. The summed E-state index contributed by atoms with van der Waals surface area (Å²) in [5.74, 6) is -0.854. The number of urea groups is 1. The molecule has 0 saturated carbocycles. The summed E-state index contributed by atoms with van der Waals surface area (Å²) >= 11 is 0. The lowest BCUT2D eigenvalue weighted by Gasteiger charge is -2.20. The number of likely N-dealkylation sites (tertiary alicyclic amines) is 1. The molecular formula is C12H16N2O4. The van der Waals surface area contributed by atoms with Gasteiger partial charge in [-0.05, 0) is 19.4 Å². The molecule has 0 radical (unpaired) electrons. The van der Waals surface area contributed by atoms with Crippen molar-refractivity contribution in [1.29, 1.82) is 0 Å². The van der Waals surface area contributed by atoms with Crippen molar-refractivity contribution in [3.05, 3.63) is 24.2 Å². The molecule has 1 atom stereocenters. The third kappa shape index (κ3) is 2.47. The molecule has 0 aromatic carbocycles. The van der Waals surface area contributed by atoms with E-state index in [2.05, 4.69) is 5.32 Å². The Morgan fingerprint density at radius 1 is 1.61 bits per heavy atom. The van der Waals surface area contributed by atoms with E-state index in [4.69, 9.17) is 9.52 Å². The highest BCUT2D eigenvalue weighted by atomic mass is 16.4. The lowest BCUT2D eigenvalue weighted by atomic mass is 9.90. The zero-order valence-corrected chi connectivity index (χ0v) is 10.2. The van der Waals surface area contributed by atoms with Crippen LogP contribution in [-0.2, 0) is 11.3 Å². The van der Waals surface area contributed by atoms with Crippen molar-refractivity contribution in [2.24, 2.45) is 5.41 Å². The van der Waals surface area contributed by atoms with Gasteiger partial charge in [-0.25, -0.2) is 4.79 Å². The highest BCUT2D eigenvalue weighted by molar-refractivity contribution is 5.79. The largest absolute Gasteiger partial charge is 0.481 e. The number of hydrogen-bond donors (Lipinski definition) is 2. The van der Waals surface area contributed by atoms with E-state index in [0.717, 1.165) is 5.56 Å². The lowest BCUT2D eigenvalue weighted by molar-refractivity contribution is -0.146. The summed E-state index contributed by atoms with van der Waals surface area (Å²) in [5.41, 5.74) is 0.0519. The predicted octanol–water partition coefficient (Wildman–Crippen LogP) is 1.29. The van der Waals surface area contributed by atoms with Gasteiger partial charge in [0.15, 0.2) is 0 Å². The van der Waals surface area contributed by atoms with Gasteiger partial charge in [0.2, 0.25) is 0 Å². The number of carboxylic acid groups (broad SMARTS) is 1. The van der Waals surface area contributed by atoms with Crippen LogP contribution in [0.4, 0.5) is 4.79 Å². The topological polar surface area (TPSA) is 82.8 Å². The molecule has 1 aliphatic heterocycles. The van der Waals surface area contributed by atoms with Crippen molar-refractivity contribution in [3.63, 3.8) is 0 Å². The van der Waals surface area contributed by atoms with Crippen LogP contribution < -0.4 is 5.32 Å². The zero-order valence-electron chi connectivity index (χ0n) is 10.2. The number of aliphatic carboxylic acids is 1. The normalized spacial score (nSPS) is 23.1. The minimum atomic E-state index is -0.854. The standard InChI is InChI=1S/C12H16N2O4/c1-12(10(15)16)3-4-14(8-12)11(17)13-6-9-2-5-18-7-9/h2,5,7H,3-4,6,8H2,1H3,(H,13,17)(H,15,16).